The SMILES string of the molecule is CCCCOC(=O)C(=O)OC(C)CC(C)(C)OOC(=O)C(=O)O. The minimum Gasteiger partial charge on any atom is -0.473 e. The van der Waals surface area contributed by atoms with E-state index in [1.54, 1.807) is 0 Å². The van der Waals surface area contributed by atoms with E-state index in [4.69, 9.17) is 19.5 Å². The second kappa shape index (κ2) is 9.78. The Morgan fingerprint density at radius 2 is 1.70 bits per heavy atom. The van der Waals surface area contributed by atoms with Crippen LogP contribution in [0.25, 0.3) is 0 Å². The molecular weight excluding hydrogens is 312 g/mol. The molecule has 0 rings (SSSR count). The lowest BCUT2D eigenvalue weighted by atomic mass is 10.0. The summed E-state index contributed by atoms with van der Waals surface area (Å²) in [4.78, 5) is 52.7. The fraction of sp³-hybridized carbons (Fsp3) is 0.714. The third-order valence-corrected chi connectivity index (χ3v) is 2.50. The van der Waals surface area contributed by atoms with Gasteiger partial charge in [0.05, 0.1) is 6.61 Å². The average Bonchev–Trinajstić information content (AvgIpc) is 2.43. The Labute approximate surface area is 133 Å². The molecule has 0 aliphatic rings. The lowest BCUT2D eigenvalue weighted by Gasteiger charge is -2.25. The van der Waals surface area contributed by atoms with Crippen molar-refractivity contribution < 1.29 is 43.5 Å². The molecule has 0 fully saturated rings. The molecule has 23 heavy (non-hydrogen) atoms. The van der Waals surface area contributed by atoms with Crippen molar-refractivity contribution in [2.24, 2.45) is 0 Å². The first-order valence-corrected chi connectivity index (χ1v) is 7.09. The minimum atomic E-state index is -1.80. The molecule has 1 N–H and O–H groups in total. The van der Waals surface area contributed by atoms with E-state index in [-0.39, 0.29) is 13.0 Å². The number of unbranched alkanes of at least 4 members (excludes halogenated alkanes) is 1. The third kappa shape index (κ3) is 9.46. The van der Waals surface area contributed by atoms with Crippen LogP contribution in [0.2, 0.25) is 0 Å². The molecule has 0 amide bonds. The van der Waals surface area contributed by atoms with Gasteiger partial charge in [0.1, 0.15) is 11.7 Å². The van der Waals surface area contributed by atoms with Crippen LogP contribution >= 0.6 is 0 Å². The number of carboxylic acid groups (broad SMARTS) is 1. The summed E-state index contributed by atoms with van der Waals surface area (Å²) in [5.41, 5.74) is -1.13. The van der Waals surface area contributed by atoms with Gasteiger partial charge in [0.2, 0.25) is 0 Å². The van der Waals surface area contributed by atoms with Crippen LogP contribution in [0.5, 0.6) is 0 Å². The predicted molar refractivity (Wildman–Crippen MR) is 74.9 cm³/mol. The Morgan fingerprint density at radius 1 is 1.09 bits per heavy atom. The van der Waals surface area contributed by atoms with Crippen molar-refractivity contribution in [3.05, 3.63) is 0 Å². The molecule has 0 aromatic heterocycles. The minimum absolute atomic E-state index is 0.0495. The number of carboxylic acids is 1. The molecule has 0 aliphatic heterocycles. The van der Waals surface area contributed by atoms with Gasteiger partial charge in [0, 0.05) is 6.42 Å². The summed E-state index contributed by atoms with van der Waals surface area (Å²) in [7, 11) is 0. The maximum Gasteiger partial charge on any atom is 0.449 e. The molecule has 1 unspecified atom stereocenters. The molecule has 0 aromatic carbocycles. The van der Waals surface area contributed by atoms with Gasteiger partial charge in [0.25, 0.3) is 0 Å². The number of carbonyl (C=O) groups excluding carboxylic acids is 3. The summed E-state index contributed by atoms with van der Waals surface area (Å²) >= 11 is 0. The molecule has 0 radical (unpaired) electrons. The maximum atomic E-state index is 11.5. The zero-order chi connectivity index (χ0) is 18.0. The van der Waals surface area contributed by atoms with Gasteiger partial charge in [-0.25, -0.2) is 19.2 Å². The molecule has 0 aliphatic carbocycles. The van der Waals surface area contributed by atoms with Crippen LogP contribution in [0.15, 0.2) is 0 Å². The van der Waals surface area contributed by atoms with E-state index >= 15 is 0 Å². The van der Waals surface area contributed by atoms with Crippen LogP contribution in [0, 0.1) is 0 Å². The van der Waals surface area contributed by atoms with Crippen molar-refractivity contribution in [1.29, 1.82) is 0 Å². The number of aliphatic carboxylic acids is 1. The summed E-state index contributed by atoms with van der Waals surface area (Å²) < 4.78 is 9.58. The van der Waals surface area contributed by atoms with Crippen molar-refractivity contribution in [1.82, 2.24) is 0 Å². The Hall–Kier alpha value is -2.16. The van der Waals surface area contributed by atoms with Gasteiger partial charge in [0.15, 0.2) is 0 Å². The van der Waals surface area contributed by atoms with Crippen LogP contribution in [0.4, 0.5) is 0 Å². The van der Waals surface area contributed by atoms with E-state index in [1.807, 2.05) is 6.92 Å². The quantitative estimate of drug-likeness (QED) is 0.227. The molecule has 0 heterocycles. The number of rotatable bonds is 8. The largest absolute Gasteiger partial charge is 0.473 e. The molecule has 132 valence electrons. The molecule has 1 atom stereocenters. The first-order valence-electron chi connectivity index (χ1n) is 7.09. The van der Waals surface area contributed by atoms with E-state index < -0.39 is 35.6 Å². The maximum absolute atomic E-state index is 11.5. The van der Waals surface area contributed by atoms with Crippen molar-refractivity contribution in [3.8, 4) is 0 Å². The summed E-state index contributed by atoms with van der Waals surface area (Å²) in [6.45, 7) is 6.53. The van der Waals surface area contributed by atoms with Gasteiger partial charge in [-0.3, -0.25) is 4.89 Å². The smallest absolute Gasteiger partial charge is 0.449 e. The van der Waals surface area contributed by atoms with E-state index in [2.05, 4.69) is 4.89 Å². The number of esters is 2. The molecule has 9 heteroatoms. The van der Waals surface area contributed by atoms with Crippen molar-refractivity contribution >= 4 is 23.9 Å². The molecule has 0 saturated carbocycles. The van der Waals surface area contributed by atoms with E-state index in [0.29, 0.717) is 6.42 Å². The van der Waals surface area contributed by atoms with Crippen LogP contribution in [0.1, 0.15) is 47.0 Å². The molecule has 9 nitrogen and oxygen atoms in total. The van der Waals surface area contributed by atoms with Crippen LogP contribution in [-0.2, 0) is 38.4 Å². The molecule has 0 saturated heterocycles. The lowest BCUT2D eigenvalue weighted by Crippen LogP contribution is -2.34. The van der Waals surface area contributed by atoms with Gasteiger partial charge in [-0.05, 0) is 27.2 Å². The number of hydrogen-bond acceptors (Lipinski definition) is 8. The number of hydrogen-bond donors (Lipinski definition) is 1. The highest BCUT2D eigenvalue weighted by atomic mass is 17.2. The zero-order valence-electron chi connectivity index (χ0n) is 13.6. The highest BCUT2D eigenvalue weighted by Gasteiger charge is 2.30. The Morgan fingerprint density at radius 3 is 2.22 bits per heavy atom. The van der Waals surface area contributed by atoms with Gasteiger partial charge in [-0.2, -0.15) is 4.89 Å². The van der Waals surface area contributed by atoms with E-state index in [9.17, 15) is 19.2 Å². The summed E-state index contributed by atoms with van der Waals surface area (Å²) in [5.74, 6) is -5.58. The monoisotopic (exact) mass is 334 g/mol. The Kier molecular flexibility index (Phi) is 8.86. The van der Waals surface area contributed by atoms with E-state index in [0.717, 1.165) is 6.42 Å². The molecule has 0 spiro atoms. The van der Waals surface area contributed by atoms with Crippen molar-refractivity contribution in [2.45, 2.75) is 58.7 Å². The average molecular weight is 334 g/mol. The van der Waals surface area contributed by atoms with Crippen LogP contribution in [0.3, 0.4) is 0 Å². The second-order valence-electron chi connectivity index (χ2n) is 5.43. The Balaban J connectivity index is 4.27. The second-order valence-corrected chi connectivity index (χ2v) is 5.43. The normalized spacial score (nSPS) is 12.2. The zero-order valence-corrected chi connectivity index (χ0v) is 13.6. The summed E-state index contributed by atoms with van der Waals surface area (Å²) in [6, 6.07) is 0. The lowest BCUT2D eigenvalue weighted by molar-refractivity contribution is -0.327. The van der Waals surface area contributed by atoms with Gasteiger partial charge in [-0.1, -0.05) is 13.3 Å². The molecular formula is C14H22O9. The number of carbonyl (C=O) groups is 4. The number of ether oxygens (including phenoxy) is 2. The molecule has 0 bridgehead atoms. The van der Waals surface area contributed by atoms with Gasteiger partial charge in [-0.15, -0.1) is 0 Å². The van der Waals surface area contributed by atoms with E-state index in [1.165, 1.54) is 20.8 Å². The van der Waals surface area contributed by atoms with Crippen LogP contribution in [-0.4, -0.2) is 47.3 Å². The summed E-state index contributed by atoms with van der Waals surface area (Å²) in [6.07, 6.45) is 0.761. The van der Waals surface area contributed by atoms with Gasteiger partial charge < -0.3 is 14.6 Å². The third-order valence-electron chi connectivity index (χ3n) is 2.50. The van der Waals surface area contributed by atoms with Crippen molar-refractivity contribution in [2.75, 3.05) is 6.61 Å². The topological polar surface area (TPSA) is 125 Å². The highest BCUT2D eigenvalue weighted by molar-refractivity contribution is 6.29. The Bertz CT molecular complexity index is 442. The standard InChI is InChI=1S/C14H22O9/c1-5-6-7-20-12(18)13(19)21-9(2)8-14(3,4)23-22-11(17)10(15)16/h9H,5-8H2,1-4H3,(H,15,16). The van der Waals surface area contributed by atoms with Crippen molar-refractivity contribution in [3.63, 3.8) is 0 Å². The van der Waals surface area contributed by atoms with Gasteiger partial charge >= 0.3 is 23.9 Å². The summed E-state index contributed by atoms with van der Waals surface area (Å²) in [5, 5.41) is 8.35. The fourth-order valence-corrected chi connectivity index (χ4v) is 1.55. The highest BCUT2D eigenvalue weighted by Crippen LogP contribution is 2.19. The first kappa shape index (κ1) is 20.8. The fourth-order valence-electron chi connectivity index (χ4n) is 1.55. The molecule has 0 aromatic rings. The first-order chi connectivity index (χ1) is 10.6. The van der Waals surface area contributed by atoms with Crippen LogP contribution < -0.4 is 0 Å². The predicted octanol–water partition coefficient (Wildman–Crippen LogP) is 0.989.